The van der Waals surface area contributed by atoms with Gasteiger partial charge in [0, 0.05) is 37.8 Å². The van der Waals surface area contributed by atoms with Crippen molar-refractivity contribution >= 4 is 23.6 Å². The molecule has 2 heterocycles. The molecule has 4 rings (SSSR count). The maximum atomic E-state index is 13.4. The largest absolute Gasteiger partial charge is 0.480 e. The number of carboxylic acids is 1. The van der Waals surface area contributed by atoms with Crippen LogP contribution in [0.1, 0.15) is 40.7 Å². The van der Waals surface area contributed by atoms with Crippen molar-refractivity contribution in [2.75, 3.05) is 51.4 Å². The Labute approximate surface area is 224 Å². The molecule has 200 valence electrons. The molecule has 7 nitrogen and oxygen atoms in total. The van der Waals surface area contributed by atoms with Crippen LogP contribution in [-0.2, 0) is 16.1 Å². The highest BCUT2D eigenvalue weighted by Gasteiger charge is 2.28. The zero-order valence-electron chi connectivity index (χ0n) is 21.9. The molecular formula is C29H39N3O4S. The fourth-order valence-electron chi connectivity index (χ4n) is 5.34. The molecule has 0 bridgehead atoms. The number of likely N-dealkylation sites (tertiary alicyclic amines) is 1. The molecule has 2 atom stereocenters. The van der Waals surface area contributed by atoms with Crippen molar-refractivity contribution < 1.29 is 19.4 Å². The SMILES string of the molecule is CSCC[C@H](NC(=O)c1ccc(CN2CCCC2CN2CCOCC2)cc1-c1ccccc1C)C(=O)O. The van der Waals surface area contributed by atoms with Gasteiger partial charge in [0.1, 0.15) is 6.04 Å². The molecule has 0 radical (unpaired) electrons. The summed E-state index contributed by atoms with van der Waals surface area (Å²) >= 11 is 1.57. The van der Waals surface area contributed by atoms with Gasteiger partial charge in [-0.15, -0.1) is 0 Å². The summed E-state index contributed by atoms with van der Waals surface area (Å²) in [5, 5.41) is 12.4. The maximum Gasteiger partial charge on any atom is 0.326 e. The van der Waals surface area contributed by atoms with Gasteiger partial charge in [-0.2, -0.15) is 11.8 Å². The molecule has 8 heteroatoms. The van der Waals surface area contributed by atoms with Crippen LogP contribution < -0.4 is 5.32 Å². The van der Waals surface area contributed by atoms with E-state index in [4.69, 9.17) is 4.74 Å². The molecule has 0 saturated carbocycles. The van der Waals surface area contributed by atoms with E-state index >= 15 is 0 Å². The number of carbonyl (C=O) groups is 2. The number of carbonyl (C=O) groups excluding carboxylic acids is 1. The lowest BCUT2D eigenvalue weighted by molar-refractivity contribution is -0.139. The number of carboxylic acid groups (broad SMARTS) is 1. The number of nitrogens with zero attached hydrogens (tertiary/aromatic N) is 2. The number of morpholine rings is 1. The average Bonchev–Trinajstić information content (AvgIpc) is 3.33. The molecule has 37 heavy (non-hydrogen) atoms. The van der Waals surface area contributed by atoms with Crippen LogP contribution >= 0.6 is 11.8 Å². The summed E-state index contributed by atoms with van der Waals surface area (Å²) in [5.41, 5.74) is 4.61. The molecule has 2 aromatic carbocycles. The lowest BCUT2D eigenvalue weighted by Gasteiger charge is -2.33. The van der Waals surface area contributed by atoms with E-state index in [2.05, 4.69) is 21.2 Å². The normalized spacial score (nSPS) is 19.6. The molecule has 2 N–H and O–H groups in total. The van der Waals surface area contributed by atoms with Crippen LogP contribution in [0.15, 0.2) is 42.5 Å². The predicted molar refractivity (Wildman–Crippen MR) is 149 cm³/mol. The first kappa shape index (κ1) is 27.6. The standard InChI is InChI=1S/C29H39N3O4S/c1-21-6-3-4-8-24(21)26-18-22(9-10-25(26)28(33)30-27(29(34)35)11-17-37-2)19-32-12-5-7-23(32)20-31-13-15-36-16-14-31/h3-4,6,8-10,18,23,27H,5,7,11-17,19-20H2,1-2H3,(H,30,33)(H,34,35)/t23?,27-/m0/s1. The van der Waals surface area contributed by atoms with Crippen molar-refractivity contribution in [3.8, 4) is 11.1 Å². The molecule has 0 spiro atoms. The summed E-state index contributed by atoms with van der Waals surface area (Å²) in [7, 11) is 0. The topological polar surface area (TPSA) is 82.1 Å². The second kappa shape index (κ2) is 13.4. The highest BCUT2D eigenvalue weighted by atomic mass is 32.2. The van der Waals surface area contributed by atoms with Gasteiger partial charge in [0.15, 0.2) is 0 Å². The third-order valence-corrected chi connectivity index (χ3v) is 8.08. The molecule has 2 aromatic rings. The third kappa shape index (κ3) is 7.35. The Bertz CT molecular complexity index is 1070. The van der Waals surface area contributed by atoms with Gasteiger partial charge in [0.25, 0.3) is 5.91 Å². The number of rotatable bonds is 11. The molecular weight excluding hydrogens is 486 g/mol. The van der Waals surface area contributed by atoms with E-state index in [1.165, 1.54) is 18.4 Å². The number of amides is 1. The minimum Gasteiger partial charge on any atom is -0.480 e. The monoisotopic (exact) mass is 525 g/mol. The fraction of sp³-hybridized carbons (Fsp3) is 0.517. The molecule has 2 fully saturated rings. The van der Waals surface area contributed by atoms with E-state index in [0.29, 0.717) is 23.8 Å². The van der Waals surface area contributed by atoms with Gasteiger partial charge >= 0.3 is 5.97 Å². The number of nitrogens with one attached hydrogen (secondary N) is 1. The van der Waals surface area contributed by atoms with Crippen LogP contribution in [0, 0.1) is 6.92 Å². The first-order valence-corrected chi connectivity index (χ1v) is 14.6. The minimum atomic E-state index is -1.00. The van der Waals surface area contributed by atoms with Crippen LogP contribution in [-0.4, -0.2) is 90.3 Å². The van der Waals surface area contributed by atoms with Crippen molar-refractivity contribution in [2.24, 2.45) is 0 Å². The molecule has 1 amide bonds. The first-order valence-electron chi connectivity index (χ1n) is 13.2. The summed E-state index contributed by atoms with van der Waals surface area (Å²) in [6, 6.07) is 13.7. The lowest BCUT2D eigenvalue weighted by Crippen LogP contribution is -2.44. The number of aliphatic carboxylic acids is 1. The van der Waals surface area contributed by atoms with Crippen molar-refractivity contribution in [2.45, 2.75) is 44.8 Å². The number of thioether (sulfide) groups is 1. The highest BCUT2D eigenvalue weighted by Crippen LogP contribution is 2.30. The van der Waals surface area contributed by atoms with E-state index in [1.54, 1.807) is 11.8 Å². The highest BCUT2D eigenvalue weighted by molar-refractivity contribution is 7.98. The Kier molecular flexibility index (Phi) is 10.0. The minimum absolute atomic E-state index is 0.343. The smallest absolute Gasteiger partial charge is 0.326 e. The summed E-state index contributed by atoms with van der Waals surface area (Å²) in [4.78, 5) is 30.2. The predicted octanol–water partition coefficient (Wildman–Crippen LogP) is 3.89. The number of ether oxygens (including phenoxy) is 1. The maximum absolute atomic E-state index is 13.4. The number of aryl methyl sites for hydroxylation is 1. The van der Waals surface area contributed by atoms with E-state index < -0.39 is 12.0 Å². The zero-order valence-corrected chi connectivity index (χ0v) is 22.8. The van der Waals surface area contributed by atoms with Crippen molar-refractivity contribution in [3.05, 3.63) is 59.2 Å². The molecule has 1 unspecified atom stereocenters. The lowest BCUT2D eigenvalue weighted by atomic mass is 9.93. The van der Waals surface area contributed by atoms with Crippen LogP contribution in [0.25, 0.3) is 11.1 Å². The van der Waals surface area contributed by atoms with Gasteiger partial charge < -0.3 is 15.2 Å². The van der Waals surface area contributed by atoms with Gasteiger partial charge in [0.05, 0.1) is 13.2 Å². The van der Waals surface area contributed by atoms with Gasteiger partial charge in [-0.1, -0.05) is 30.3 Å². The Balaban J connectivity index is 1.57. The van der Waals surface area contributed by atoms with E-state index in [-0.39, 0.29) is 5.91 Å². The first-order chi connectivity index (χ1) is 18.0. The third-order valence-electron chi connectivity index (χ3n) is 7.44. The second-order valence-corrected chi connectivity index (χ2v) is 11.0. The number of benzene rings is 2. The van der Waals surface area contributed by atoms with Crippen LogP contribution in [0.5, 0.6) is 0 Å². The molecule has 2 aliphatic heterocycles. The average molecular weight is 526 g/mol. The van der Waals surface area contributed by atoms with E-state index in [1.807, 2.05) is 49.6 Å². The quantitative estimate of drug-likeness (QED) is 0.461. The van der Waals surface area contributed by atoms with Crippen LogP contribution in [0.3, 0.4) is 0 Å². The summed E-state index contributed by atoms with van der Waals surface area (Å²) < 4.78 is 5.52. The van der Waals surface area contributed by atoms with Crippen molar-refractivity contribution in [1.82, 2.24) is 15.1 Å². The zero-order chi connectivity index (χ0) is 26.2. The van der Waals surface area contributed by atoms with Crippen molar-refractivity contribution in [1.29, 1.82) is 0 Å². The summed E-state index contributed by atoms with van der Waals surface area (Å²) in [6.07, 6.45) is 4.73. The fourth-order valence-corrected chi connectivity index (χ4v) is 5.81. The molecule has 2 aliphatic rings. The number of hydrogen-bond acceptors (Lipinski definition) is 6. The number of hydrogen-bond donors (Lipinski definition) is 2. The van der Waals surface area contributed by atoms with Gasteiger partial charge in [-0.3, -0.25) is 14.6 Å². The second-order valence-electron chi connectivity index (χ2n) is 10.0. The molecule has 0 aliphatic carbocycles. The Morgan fingerprint density at radius 3 is 2.65 bits per heavy atom. The Morgan fingerprint density at radius 2 is 1.92 bits per heavy atom. The Hall–Kier alpha value is -2.39. The van der Waals surface area contributed by atoms with Gasteiger partial charge in [-0.05, 0) is 79.1 Å². The summed E-state index contributed by atoms with van der Waals surface area (Å²) in [5.74, 6) is -0.677. The van der Waals surface area contributed by atoms with Crippen LogP contribution in [0.2, 0.25) is 0 Å². The van der Waals surface area contributed by atoms with E-state index in [0.717, 1.165) is 62.6 Å². The molecule has 0 aromatic heterocycles. The van der Waals surface area contributed by atoms with Gasteiger partial charge in [-0.25, -0.2) is 4.79 Å². The van der Waals surface area contributed by atoms with Crippen LogP contribution in [0.4, 0.5) is 0 Å². The summed E-state index contributed by atoms with van der Waals surface area (Å²) in [6.45, 7) is 8.65. The van der Waals surface area contributed by atoms with E-state index in [9.17, 15) is 14.7 Å². The Morgan fingerprint density at radius 1 is 1.14 bits per heavy atom. The molecule has 2 saturated heterocycles. The van der Waals surface area contributed by atoms with Gasteiger partial charge in [0.2, 0.25) is 0 Å². The van der Waals surface area contributed by atoms with Crippen molar-refractivity contribution in [3.63, 3.8) is 0 Å².